The number of aryl methyl sites for hydroxylation is 1. The second kappa shape index (κ2) is 13.7. The lowest BCUT2D eigenvalue weighted by Gasteiger charge is -2.38. The highest BCUT2D eigenvalue weighted by Gasteiger charge is 2.33. The number of allylic oxidation sites excluding steroid dienone is 9. The van der Waals surface area contributed by atoms with Crippen LogP contribution in [0.2, 0.25) is 0 Å². The number of benzene rings is 5. The summed E-state index contributed by atoms with van der Waals surface area (Å²) in [6.07, 6.45) is 26.5. The largest absolute Gasteiger partial charge is 0.456 e. The van der Waals surface area contributed by atoms with E-state index in [2.05, 4.69) is 163 Å². The summed E-state index contributed by atoms with van der Waals surface area (Å²) in [7, 11) is 0. The van der Waals surface area contributed by atoms with Crippen molar-refractivity contribution in [2.45, 2.75) is 67.7 Å². The summed E-state index contributed by atoms with van der Waals surface area (Å²) < 4.78 is 6.30. The van der Waals surface area contributed by atoms with Gasteiger partial charge in [-0.05, 0) is 131 Å². The number of thioether (sulfide) groups is 1. The van der Waals surface area contributed by atoms with Gasteiger partial charge in [0, 0.05) is 38.1 Å². The van der Waals surface area contributed by atoms with Crippen molar-refractivity contribution >= 4 is 45.3 Å². The van der Waals surface area contributed by atoms with E-state index in [0.29, 0.717) is 11.8 Å². The fourth-order valence-electron chi connectivity index (χ4n) is 9.77. The first-order valence-corrected chi connectivity index (χ1v) is 20.9. The molecule has 268 valence electrons. The molecular formula is C52H43NOS. The van der Waals surface area contributed by atoms with Crippen molar-refractivity contribution in [3.8, 4) is 11.1 Å². The summed E-state index contributed by atoms with van der Waals surface area (Å²) in [6.45, 7) is 0. The molecule has 0 saturated heterocycles. The fraction of sp³-hybridized carbons (Fsp3) is 0.192. The molecule has 0 saturated carbocycles. The van der Waals surface area contributed by atoms with Crippen molar-refractivity contribution in [2.24, 2.45) is 0 Å². The lowest BCUT2D eigenvalue weighted by Crippen LogP contribution is -2.35. The second-order valence-corrected chi connectivity index (χ2v) is 16.8. The van der Waals surface area contributed by atoms with E-state index >= 15 is 0 Å². The third-order valence-electron chi connectivity index (χ3n) is 12.5. The van der Waals surface area contributed by atoms with E-state index in [1.54, 1.807) is 0 Å². The minimum absolute atomic E-state index is 0.233. The Morgan fingerprint density at radius 1 is 0.709 bits per heavy atom. The van der Waals surface area contributed by atoms with Gasteiger partial charge in [-0.1, -0.05) is 133 Å². The van der Waals surface area contributed by atoms with Gasteiger partial charge in [-0.2, -0.15) is 0 Å². The van der Waals surface area contributed by atoms with E-state index in [-0.39, 0.29) is 6.04 Å². The van der Waals surface area contributed by atoms with E-state index < -0.39 is 0 Å². The highest BCUT2D eigenvalue weighted by molar-refractivity contribution is 8.03. The molecule has 1 aromatic heterocycles. The molecule has 5 aliphatic rings. The van der Waals surface area contributed by atoms with Crippen molar-refractivity contribution in [3.05, 3.63) is 196 Å². The maximum atomic E-state index is 6.30. The Hall–Kier alpha value is -5.51. The lowest BCUT2D eigenvalue weighted by molar-refractivity contribution is 0.574. The van der Waals surface area contributed by atoms with Gasteiger partial charge in [-0.25, -0.2) is 0 Å². The van der Waals surface area contributed by atoms with Crippen LogP contribution in [0, 0.1) is 0 Å². The maximum Gasteiger partial charge on any atom is 0.135 e. The summed E-state index contributed by atoms with van der Waals surface area (Å²) in [6, 6.07) is 41.0. The van der Waals surface area contributed by atoms with E-state index in [1.807, 2.05) is 11.8 Å². The van der Waals surface area contributed by atoms with Gasteiger partial charge in [0.25, 0.3) is 0 Å². The monoisotopic (exact) mass is 729 g/mol. The normalized spacial score (nSPS) is 21.3. The topological polar surface area (TPSA) is 16.4 Å². The van der Waals surface area contributed by atoms with Gasteiger partial charge >= 0.3 is 0 Å². The first-order valence-electron chi connectivity index (χ1n) is 20.1. The van der Waals surface area contributed by atoms with E-state index in [0.717, 1.165) is 56.3 Å². The molecule has 0 N–H and O–H groups in total. The molecule has 2 heterocycles. The summed E-state index contributed by atoms with van der Waals surface area (Å²) in [5.74, 6) is 2.06. The van der Waals surface area contributed by atoms with Crippen LogP contribution < -0.4 is 4.90 Å². The van der Waals surface area contributed by atoms with Crippen LogP contribution in [0.1, 0.15) is 72.8 Å². The summed E-state index contributed by atoms with van der Waals surface area (Å²) >= 11 is 1.98. The Balaban J connectivity index is 0.960. The van der Waals surface area contributed by atoms with Gasteiger partial charge in [0.1, 0.15) is 11.3 Å². The molecular weight excluding hydrogens is 687 g/mol. The van der Waals surface area contributed by atoms with Crippen LogP contribution in [0.15, 0.2) is 183 Å². The molecule has 0 radical (unpaired) electrons. The van der Waals surface area contributed by atoms with Crippen LogP contribution in [0.5, 0.6) is 0 Å². The Bertz CT molecular complexity index is 2670. The number of anilines is 1. The van der Waals surface area contributed by atoms with Crippen molar-refractivity contribution in [2.75, 3.05) is 4.90 Å². The predicted molar refractivity (Wildman–Crippen MR) is 232 cm³/mol. The van der Waals surface area contributed by atoms with Crippen molar-refractivity contribution in [1.82, 2.24) is 0 Å². The van der Waals surface area contributed by atoms with Crippen LogP contribution in [0.3, 0.4) is 0 Å². The number of hydrogen-bond acceptors (Lipinski definition) is 3. The molecule has 0 amide bonds. The van der Waals surface area contributed by atoms with E-state index in [9.17, 15) is 0 Å². The molecule has 3 heteroatoms. The Labute approximate surface area is 328 Å². The maximum absolute atomic E-state index is 6.30. The van der Waals surface area contributed by atoms with Crippen LogP contribution in [0.25, 0.3) is 38.9 Å². The molecule has 5 aromatic carbocycles. The molecule has 3 atom stereocenters. The van der Waals surface area contributed by atoms with Crippen LogP contribution in [-0.4, -0.2) is 6.04 Å². The Kier molecular flexibility index (Phi) is 8.16. The molecule has 2 nitrogen and oxygen atoms in total. The van der Waals surface area contributed by atoms with E-state index in [1.165, 1.54) is 76.3 Å². The minimum Gasteiger partial charge on any atom is -0.456 e. The fourth-order valence-corrected chi connectivity index (χ4v) is 11.1. The number of furan rings is 1. The molecule has 3 unspecified atom stereocenters. The smallest absolute Gasteiger partial charge is 0.135 e. The number of fused-ring (bicyclic) bond motifs is 8. The second-order valence-electron chi connectivity index (χ2n) is 15.7. The highest BCUT2D eigenvalue weighted by Crippen LogP contribution is 2.54. The zero-order valence-corrected chi connectivity index (χ0v) is 31.8. The van der Waals surface area contributed by atoms with E-state index in [4.69, 9.17) is 4.42 Å². The number of nitrogens with zero attached hydrogens (tertiary/aromatic N) is 1. The van der Waals surface area contributed by atoms with Crippen molar-refractivity contribution < 1.29 is 4.42 Å². The van der Waals surface area contributed by atoms with Gasteiger partial charge in [-0.3, -0.25) is 0 Å². The zero-order valence-electron chi connectivity index (χ0n) is 31.0. The van der Waals surface area contributed by atoms with Crippen molar-refractivity contribution in [3.63, 3.8) is 0 Å². The third-order valence-corrected chi connectivity index (χ3v) is 13.8. The molecule has 0 fully saturated rings. The molecule has 55 heavy (non-hydrogen) atoms. The molecule has 0 bridgehead atoms. The summed E-state index contributed by atoms with van der Waals surface area (Å²) in [5.41, 5.74) is 13.2. The third kappa shape index (κ3) is 5.79. The molecule has 11 rings (SSSR count). The first-order chi connectivity index (χ1) is 27.2. The molecule has 6 aromatic rings. The minimum atomic E-state index is 0.233. The summed E-state index contributed by atoms with van der Waals surface area (Å²) in [5, 5.41) is 3.83. The Morgan fingerprint density at radius 3 is 2.44 bits per heavy atom. The highest BCUT2D eigenvalue weighted by atomic mass is 32.2. The molecule has 1 aliphatic heterocycles. The van der Waals surface area contributed by atoms with Gasteiger partial charge in [0.2, 0.25) is 0 Å². The first kappa shape index (κ1) is 32.9. The predicted octanol–water partition coefficient (Wildman–Crippen LogP) is 14.2. The SMILES string of the molecule is C1=Cc2oc3ccc4ccc(-c5ccc(N(C6=CCC(c7ccccc7)CC6)C6C=C(C7=C8Sc9ccccc9C8CC=C7)C=CC6)cc5)cc4c3c2CC1. The number of rotatable bonds is 6. The van der Waals surface area contributed by atoms with Crippen LogP contribution in [-0.2, 0) is 6.42 Å². The quantitative estimate of drug-likeness (QED) is 0.170. The summed E-state index contributed by atoms with van der Waals surface area (Å²) in [4.78, 5) is 5.59. The van der Waals surface area contributed by atoms with Gasteiger partial charge in [0.15, 0.2) is 0 Å². The van der Waals surface area contributed by atoms with Crippen LogP contribution in [0.4, 0.5) is 5.69 Å². The molecule has 0 spiro atoms. The molecule has 4 aliphatic carbocycles. The standard InChI is InChI=1S/C52H43NOS/c1-2-10-34(11-3-1)35-22-27-40(28-23-35)53(42-13-8-12-39(32-42)43-16-9-17-45-44-14-5-7-19-50(44)55-52(43)45)41-29-24-36(25-30-41)38-21-20-37-26-31-49-51(47(37)33-38)46-15-4-6-18-48(46)54-49/h1-3,5-12,14,16,18-21,24-27,29-33,35,42,45H,4,13,15,17,22-23,28H2. The van der Waals surface area contributed by atoms with Gasteiger partial charge in [-0.15, -0.1) is 0 Å². The average Bonchev–Trinajstić information content (AvgIpc) is 3.84. The lowest BCUT2D eigenvalue weighted by atomic mass is 9.84. The van der Waals surface area contributed by atoms with Crippen molar-refractivity contribution in [1.29, 1.82) is 0 Å². The Morgan fingerprint density at radius 2 is 1.55 bits per heavy atom. The van der Waals surface area contributed by atoms with Crippen LogP contribution >= 0.6 is 11.8 Å². The number of hydrogen-bond donors (Lipinski definition) is 0. The average molecular weight is 730 g/mol. The van der Waals surface area contributed by atoms with Gasteiger partial charge in [0.05, 0.1) is 6.04 Å². The van der Waals surface area contributed by atoms with Gasteiger partial charge < -0.3 is 9.32 Å². The zero-order chi connectivity index (χ0) is 36.3.